The summed E-state index contributed by atoms with van der Waals surface area (Å²) in [6.45, 7) is 1.12. The number of likely N-dealkylation sites (tertiary alicyclic amines) is 1. The number of nitrogens with one attached hydrogen (secondary N) is 1. The summed E-state index contributed by atoms with van der Waals surface area (Å²) in [4.78, 5) is 18.6. The Morgan fingerprint density at radius 3 is 2.47 bits per heavy atom. The number of nitrogens with zero attached hydrogens (tertiary/aromatic N) is 3. The number of benzene rings is 2. The molecule has 168 valence electrons. The van der Waals surface area contributed by atoms with Crippen molar-refractivity contribution in [2.45, 2.75) is 24.9 Å². The lowest BCUT2D eigenvalue weighted by atomic mass is 9.97. The molecular formula is C22H20F4N4O2. The predicted octanol–water partition coefficient (Wildman–Crippen LogP) is 4.71. The highest BCUT2D eigenvalue weighted by Crippen LogP contribution is 2.34. The number of piperidine rings is 1. The number of hydrogen-bond donors (Lipinski definition) is 1. The molecule has 1 N–H and O–H groups in total. The van der Waals surface area contributed by atoms with Crippen molar-refractivity contribution in [3.8, 4) is 11.4 Å². The molecule has 32 heavy (non-hydrogen) atoms. The second kappa shape index (κ2) is 9.07. The molecule has 0 saturated carbocycles. The van der Waals surface area contributed by atoms with Gasteiger partial charge in [-0.1, -0.05) is 17.3 Å². The molecule has 1 aliphatic rings. The van der Waals surface area contributed by atoms with Crippen molar-refractivity contribution >= 4 is 11.6 Å². The van der Waals surface area contributed by atoms with Crippen molar-refractivity contribution < 1.29 is 26.9 Å². The lowest BCUT2D eigenvalue weighted by Crippen LogP contribution is -2.39. The van der Waals surface area contributed by atoms with E-state index in [1.165, 1.54) is 30.3 Å². The van der Waals surface area contributed by atoms with Crippen LogP contribution in [-0.2, 0) is 11.0 Å². The zero-order valence-electron chi connectivity index (χ0n) is 16.9. The Kier molecular flexibility index (Phi) is 6.22. The minimum absolute atomic E-state index is 0.0103. The Labute approximate surface area is 181 Å². The molecule has 10 heteroatoms. The standard InChI is InChI=1S/C22H20F4N4O2/c23-16-7-5-14(6-8-16)20-28-21(32-29-20)15-9-11-30(12-10-15)13-19(31)27-18-4-2-1-3-17(18)22(24,25)26/h1-8,15H,9-13H2,(H,27,31). The van der Waals surface area contributed by atoms with Gasteiger partial charge in [0, 0.05) is 11.5 Å². The number of rotatable bonds is 5. The summed E-state index contributed by atoms with van der Waals surface area (Å²) < 4.78 is 57.7. The van der Waals surface area contributed by atoms with Gasteiger partial charge in [0.15, 0.2) is 0 Å². The molecule has 1 aromatic heterocycles. The van der Waals surface area contributed by atoms with Crippen LogP contribution in [0.5, 0.6) is 0 Å². The molecule has 1 amide bonds. The quantitative estimate of drug-likeness (QED) is 0.573. The first-order chi connectivity index (χ1) is 15.3. The maximum atomic E-state index is 13.1. The molecule has 2 aromatic carbocycles. The first-order valence-corrected chi connectivity index (χ1v) is 10.1. The van der Waals surface area contributed by atoms with E-state index in [-0.39, 0.29) is 24.0 Å². The summed E-state index contributed by atoms with van der Waals surface area (Å²) in [5.41, 5.74) is -0.478. The van der Waals surface area contributed by atoms with Crippen molar-refractivity contribution in [3.63, 3.8) is 0 Å². The maximum absolute atomic E-state index is 13.1. The molecule has 1 fully saturated rings. The van der Waals surface area contributed by atoms with Gasteiger partial charge in [-0.25, -0.2) is 4.39 Å². The molecular weight excluding hydrogens is 428 g/mol. The van der Waals surface area contributed by atoms with E-state index in [0.717, 1.165) is 6.07 Å². The summed E-state index contributed by atoms with van der Waals surface area (Å²) in [5.74, 6) is 0.0203. The van der Waals surface area contributed by atoms with Gasteiger partial charge in [0.25, 0.3) is 0 Å². The number of halogens is 4. The second-order valence-corrected chi connectivity index (χ2v) is 7.61. The van der Waals surface area contributed by atoms with Crippen LogP contribution < -0.4 is 5.32 Å². The number of hydrogen-bond acceptors (Lipinski definition) is 5. The number of alkyl halides is 3. The normalized spacial score (nSPS) is 15.6. The molecule has 0 aliphatic carbocycles. The van der Waals surface area contributed by atoms with Gasteiger partial charge < -0.3 is 9.84 Å². The highest BCUT2D eigenvalue weighted by atomic mass is 19.4. The Balaban J connectivity index is 1.31. The molecule has 1 saturated heterocycles. The molecule has 0 radical (unpaired) electrons. The summed E-state index contributed by atoms with van der Waals surface area (Å²) in [6.07, 6.45) is -3.21. The number of carbonyl (C=O) groups excluding carboxylic acids is 1. The third-order valence-electron chi connectivity index (χ3n) is 5.35. The third kappa shape index (κ3) is 5.13. The highest BCUT2D eigenvalue weighted by Gasteiger charge is 2.34. The van der Waals surface area contributed by atoms with Crippen LogP contribution in [0.15, 0.2) is 53.1 Å². The summed E-state index contributed by atoms with van der Waals surface area (Å²) in [6, 6.07) is 10.7. The van der Waals surface area contributed by atoms with Gasteiger partial charge in [0.2, 0.25) is 17.6 Å². The summed E-state index contributed by atoms with van der Waals surface area (Å²) in [7, 11) is 0. The van der Waals surface area contributed by atoms with Crippen LogP contribution in [0.3, 0.4) is 0 Å². The van der Waals surface area contributed by atoms with Crippen LogP contribution in [0.4, 0.5) is 23.2 Å². The number of amides is 1. The molecule has 0 atom stereocenters. The first-order valence-electron chi connectivity index (χ1n) is 10.1. The van der Waals surface area contributed by atoms with Crippen molar-refractivity contribution in [1.82, 2.24) is 15.0 Å². The van der Waals surface area contributed by atoms with Crippen molar-refractivity contribution in [2.24, 2.45) is 0 Å². The molecule has 0 bridgehead atoms. The smallest absolute Gasteiger partial charge is 0.339 e. The molecule has 0 unspecified atom stereocenters. The van der Waals surface area contributed by atoms with E-state index in [1.807, 2.05) is 4.90 Å². The summed E-state index contributed by atoms with van der Waals surface area (Å²) >= 11 is 0. The molecule has 0 spiro atoms. The van der Waals surface area contributed by atoms with Crippen molar-refractivity contribution in [3.05, 3.63) is 65.8 Å². The average molecular weight is 448 g/mol. The highest BCUT2D eigenvalue weighted by molar-refractivity contribution is 5.93. The van der Waals surface area contributed by atoms with Gasteiger partial charge in [-0.05, 0) is 62.3 Å². The SMILES string of the molecule is O=C(CN1CCC(c2nc(-c3ccc(F)cc3)no2)CC1)Nc1ccccc1C(F)(F)F. The van der Waals surface area contributed by atoms with Gasteiger partial charge >= 0.3 is 6.18 Å². The number of aromatic nitrogens is 2. The van der Waals surface area contributed by atoms with Gasteiger partial charge in [0.05, 0.1) is 17.8 Å². The fourth-order valence-electron chi connectivity index (χ4n) is 3.69. The molecule has 1 aliphatic heterocycles. The van der Waals surface area contributed by atoms with Crippen LogP contribution in [0.25, 0.3) is 11.4 Å². The van der Waals surface area contributed by atoms with E-state index in [0.29, 0.717) is 43.2 Å². The van der Waals surface area contributed by atoms with E-state index >= 15 is 0 Å². The Bertz CT molecular complexity index is 1070. The third-order valence-corrected chi connectivity index (χ3v) is 5.35. The van der Waals surface area contributed by atoms with E-state index in [1.54, 1.807) is 12.1 Å². The van der Waals surface area contributed by atoms with Crippen LogP contribution in [0.2, 0.25) is 0 Å². The van der Waals surface area contributed by atoms with Crippen LogP contribution in [0, 0.1) is 5.82 Å². The van der Waals surface area contributed by atoms with E-state index in [2.05, 4.69) is 15.5 Å². The Hall–Kier alpha value is -3.27. The van der Waals surface area contributed by atoms with Gasteiger partial charge in [-0.2, -0.15) is 18.2 Å². The molecule has 3 aromatic rings. The van der Waals surface area contributed by atoms with Gasteiger partial charge in [0.1, 0.15) is 5.82 Å². The van der Waals surface area contributed by atoms with Crippen LogP contribution in [-0.4, -0.2) is 40.6 Å². The maximum Gasteiger partial charge on any atom is 0.418 e. The average Bonchev–Trinajstić information content (AvgIpc) is 3.24. The zero-order chi connectivity index (χ0) is 22.7. The Morgan fingerprint density at radius 1 is 1.09 bits per heavy atom. The number of para-hydroxylation sites is 1. The van der Waals surface area contributed by atoms with Gasteiger partial charge in [-0.3, -0.25) is 9.69 Å². The topological polar surface area (TPSA) is 71.3 Å². The predicted molar refractivity (Wildman–Crippen MR) is 108 cm³/mol. The van der Waals surface area contributed by atoms with E-state index in [4.69, 9.17) is 4.52 Å². The van der Waals surface area contributed by atoms with Crippen molar-refractivity contribution in [1.29, 1.82) is 0 Å². The van der Waals surface area contributed by atoms with E-state index < -0.39 is 17.6 Å². The molecule has 2 heterocycles. The van der Waals surface area contributed by atoms with Gasteiger partial charge in [-0.15, -0.1) is 0 Å². The van der Waals surface area contributed by atoms with E-state index in [9.17, 15) is 22.4 Å². The largest absolute Gasteiger partial charge is 0.418 e. The van der Waals surface area contributed by atoms with Crippen LogP contribution in [0.1, 0.15) is 30.2 Å². The van der Waals surface area contributed by atoms with Crippen molar-refractivity contribution in [2.75, 3.05) is 25.0 Å². The number of anilines is 1. The first kappa shape index (κ1) is 21.9. The lowest BCUT2D eigenvalue weighted by Gasteiger charge is -2.29. The Morgan fingerprint density at radius 2 is 1.78 bits per heavy atom. The number of carbonyl (C=O) groups is 1. The minimum Gasteiger partial charge on any atom is -0.339 e. The summed E-state index contributed by atoms with van der Waals surface area (Å²) in [5, 5.41) is 6.32. The second-order valence-electron chi connectivity index (χ2n) is 7.61. The minimum atomic E-state index is -4.54. The molecule has 4 rings (SSSR count). The molecule has 6 nitrogen and oxygen atoms in total. The lowest BCUT2D eigenvalue weighted by molar-refractivity contribution is -0.137. The van der Waals surface area contributed by atoms with Crippen LogP contribution >= 0.6 is 0 Å². The zero-order valence-corrected chi connectivity index (χ0v) is 16.9. The fraction of sp³-hybridized carbons (Fsp3) is 0.318. The monoisotopic (exact) mass is 448 g/mol. The fourth-order valence-corrected chi connectivity index (χ4v) is 3.69.